The summed E-state index contributed by atoms with van der Waals surface area (Å²) < 4.78 is 5.39. The van der Waals surface area contributed by atoms with E-state index in [9.17, 15) is 0 Å². The molecule has 1 rings (SSSR count). The highest BCUT2D eigenvalue weighted by Crippen LogP contribution is 2.08. The van der Waals surface area contributed by atoms with Crippen molar-refractivity contribution in [1.82, 2.24) is 5.32 Å². The zero-order chi connectivity index (χ0) is 10.4. The normalized spacial score (nSPS) is 9.93. The van der Waals surface area contributed by atoms with Gasteiger partial charge in [-0.15, -0.1) is 0 Å². The SMILES string of the molecule is CC(C)CNC(=S)Oc1ccccc1. The lowest BCUT2D eigenvalue weighted by Gasteiger charge is -2.10. The van der Waals surface area contributed by atoms with Crippen LogP contribution in [0, 0.1) is 5.92 Å². The largest absolute Gasteiger partial charge is 0.432 e. The van der Waals surface area contributed by atoms with Gasteiger partial charge in [0.2, 0.25) is 0 Å². The first kappa shape index (κ1) is 11.0. The van der Waals surface area contributed by atoms with Gasteiger partial charge in [0.25, 0.3) is 5.17 Å². The molecule has 0 amide bonds. The van der Waals surface area contributed by atoms with Crippen LogP contribution in [0.1, 0.15) is 13.8 Å². The van der Waals surface area contributed by atoms with Crippen LogP contribution < -0.4 is 10.1 Å². The van der Waals surface area contributed by atoms with Crippen molar-refractivity contribution < 1.29 is 4.74 Å². The summed E-state index contributed by atoms with van der Waals surface area (Å²) in [6, 6.07) is 9.53. The van der Waals surface area contributed by atoms with Crippen molar-refractivity contribution in [3.8, 4) is 5.75 Å². The highest BCUT2D eigenvalue weighted by atomic mass is 32.1. The number of hydrogen-bond acceptors (Lipinski definition) is 2. The summed E-state index contributed by atoms with van der Waals surface area (Å²) in [6.07, 6.45) is 0. The molecule has 1 aromatic carbocycles. The molecule has 0 radical (unpaired) electrons. The second-order valence-corrected chi connectivity index (χ2v) is 3.85. The minimum absolute atomic E-state index is 0.435. The van der Waals surface area contributed by atoms with E-state index >= 15 is 0 Å². The number of para-hydroxylation sites is 1. The van der Waals surface area contributed by atoms with Crippen LogP contribution in [-0.2, 0) is 0 Å². The van der Waals surface area contributed by atoms with Crippen LogP contribution in [0.25, 0.3) is 0 Å². The van der Waals surface area contributed by atoms with Gasteiger partial charge < -0.3 is 10.1 Å². The Kier molecular flexibility index (Phi) is 4.40. The zero-order valence-corrected chi connectivity index (χ0v) is 9.30. The average Bonchev–Trinajstić information content (AvgIpc) is 2.16. The first-order valence-electron chi connectivity index (χ1n) is 4.69. The molecule has 0 aliphatic heterocycles. The fourth-order valence-corrected chi connectivity index (χ4v) is 1.10. The summed E-state index contributed by atoms with van der Waals surface area (Å²) in [5.41, 5.74) is 0. The molecule has 0 fully saturated rings. The van der Waals surface area contributed by atoms with Crippen LogP contribution >= 0.6 is 12.2 Å². The Labute approximate surface area is 90.3 Å². The molecule has 14 heavy (non-hydrogen) atoms. The van der Waals surface area contributed by atoms with Gasteiger partial charge >= 0.3 is 0 Å². The predicted molar refractivity (Wildman–Crippen MR) is 62.5 cm³/mol. The Morgan fingerprint density at radius 2 is 2.00 bits per heavy atom. The Hall–Kier alpha value is -1.09. The van der Waals surface area contributed by atoms with Gasteiger partial charge in [-0.05, 0) is 30.3 Å². The van der Waals surface area contributed by atoms with Crippen molar-refractivity contribution in [3.63, 3.8) is 0 Å². The first-order chi connectivity index (χ1) is 6.68. The van der Waals surface area contributed by atoms with E-state index in [-0.39, 0.29) is 0 Å². The van der Waals surface area contributed by atoms with Gasteiger partial charge in [0.15, 0.2) is 0 Å². The van der Waals surface area contributed by atoms with Crippen molar-refractivity contribution in [1.29, 1.82) is 0 Å². The summed E-state index contributed by atoms with van der Waals surface area (Å²) in [6.45, 7) is 5.09. The summed E-state index contributed by atoms with van der Waals surface area (Å²) in [4.78, 5) is 0. The molecule has 0 saturated carbocycles. The lowest BCUT2D eigenvalue weighted by molar-refractivity contribution is 0.512. The van der Waals surface area contributed by atoms with Gasteiger partial charge in [0, 0.05) is 6.54 Å². The second-order valence-electron chi connectivity index (χ2n) is 3.48. The van der Waals surface area contributed by atoms with Crippen molar-refractivity contribution in [2.75, 3.05) is 6.54 Å². The quantitative estimate of drug-likeness (QED) is 0.773. The topological polar surface area (TPSA) is 21.3 Å². The van der Waals surface area contributed by atoms with E-state index < -0.39 is 0 Å². The first-order valence-corrected chi connectivity index (χ1v) is 5.10. The number of benzene rings is 1. The molecule has 0 atom stereocenters. The maximum atomic E-state index is 5.39. The molecule has 0 heterocycles. The fraction of sp³-hybridized carbons (Fsp3) is 0.364. The molecule has 0 aliphatic carbocycles. The molecule has 0 spiro atoms. The van der Waals surface area contributed by atoms with Crippen molar-refractivity contribution >= 4 is 17.4 Å². The van der Waals surface area contributed by atoms with E-state index in [2.05, 4.69) is 19.2 Å². The molecule has 0 saturated heterocycles. The average molecular weight is 209 g/mol. The van der Waals surface area contributed by atoms with Gasteiger partial charge in [-0.3, -0.25) is 0 Å². The predicted octanol–water partition coefficient (Wildman–Crippen LogP) is 2.60. The molecule has 3 heteroatoms. The number of ether oxygens (including phenoxy) is 1. The van der Waals surface area contributed by atoms with E-state index in [1.807, 2.05) is 30.3 Å². The maximum Gasteiger partial charge on any atom is 0.262 e. The standard InChI is InChI=1S/C11H15NOS/c1-9(2)8-12-11(14)13-10-6-4-3-5-7-10/h3-7,9H,8H2,1-2H3,(H,12,14). The summed E-state index contributed by atoms with van der Waals surface area (Å²) in [5.74, 6) is 1.33. The van der Waals surface area contributed by atoms with Crippen LogP contribution in [0.2, 0.25) is 0 Å². The van der Waals surface area contributed by atoms with E-state index in [1.165, 1.54) is 0 Å². The van der Waals surface area contributed by atoms with E-state index in [4.69, 9.17) is 17.0 Å². The third-order valence-electron chi connectivity index (χ3n) is 1.61. The van der Waals surface area contributed by atoms with Crippen LogP contribution in [0.3, 0.4) is 0 Å². The summed E-state index contributed by atoms with van der Waals surface area (Å²) in [7, 11) is 0. The second kappa shape index (κ2) is 5.60. The molecule has 1 N–H and O–H groups in total. The zero-order valence-electron chi connectivity index (χ0n) is 8.49. The fourth-order valence-electron chi connectivity index (χ4n) is 0.919. The van der Waals surface area contributed by atoms with Crippen molar-refractivity contribution in [3.05, 3.63) is 30.3 Å². The lowest BCUT2D eigenvalue weighted by atomic mass is 10.2. The van der Waals surface area contributed by atoms with E-state index in [1.54, 1.807) is 0 Å². The van der Waals surface area contributed by atoms with Crippen LogP contribution in [0.4, 0.5) is 0 Å². The summed E-state index contributed by atoms with van der Waals surface area (Å²) in [5, 5.41) is 3.47. The number of thiocarbonyl (C=S) groups is 1. The Morgan fingerprint density at radius 1 is 1.36 bits per heavy atom. The lowest BCUT2D eigenvalue weighted by Crippen LogP contribution is -2.29. The van der Waals surface area contributed by atoms with Crippen LogP contribution in [0.15, 0.2) is 30.3 Å². The number of hydrogen-bond donors (Lipinski definition) is 1. The molecule has 0 aliphatic rings. The van der Waals surface area contributed by atoms with E-state index in [0.717, 1.165) is 12.3 Å². The molecule has 0 aromatic heterocycles. The molecule has 2 nitrogen and oxygen atoms in total. The van der Waals surface area contributed by atoms with Gasteiger partial charge in [-0.1, -0.05) is 32.0 Å². The van der Waals surface area contributed by atoms with Crippen LogP contribution in [-0.4, -0.2) is 11.7 Å². The molecule has 1 aromatic rings. The molecule has 0 unspecified atom stereocenters. The minimum Gasteiger partial charge on any atom is -0.432 e. The molecular weight excluding hydrogens is 194 g/mol. The third-order valence-corrected chi connectivity index (χ3v) is 1.84. The smallest absolute Gasteiger partial charge is 0.262 e. The molecular formula is C11H15NOS. The Morgan fingerprint density at radius 3 is 2.57 bits per heavy atom. The van der Waals surface area contributed by atoms with Gasteiger partial charge in [0.1, 0.15) is 5.75 Å². The monoisotopic (exact) mass is 209 g/mol. The van der Waals surface area contributed by atoms with Crippen LogP contribution in [0.5, 0.6) is 5.75 Å². The minimum atomic E-state index is 0.435. The summed E-state index contributed by atoms with van der Waals surface area (Å²) >= 11 is 5.02. The van der Waals surface area contributed by atoms with Crippen molar-refractivity contribution in [2.45, 2.75) is 13.8 Å². The van der Waals surface area contributed by atoms with Gasteiger partial charge in [0.05, 0.1) is 0 Å². The Bertz CT molecular complexity index is 285. The molecule has 76 valence electrons. The van der Waals surface area contributed by atoms with Crippen molar-refractivity contribution in [2.24, 2.45) is 5.92 Å². The highest BCUT2D eigenvalue weighted by Gasteiger charge is 1.99. The van der Waals surface area contributed by atoms with E-state index in [0.29, 0.717) is 11.1 Å². The maximum absolute atomic E-state index is 5.39. The van der Waals surface area contributed by atoms with Gasteiger partial charge in [-0.2, -0.15) is 0 Å². The highest BCUT2D eigenvalue weighted by molar-refractivity contribution is 7.80. The Balaban J connectivity index is 2.35. The number of nitrogens with one attached hydrogen (secondary N) is 1. The molecule has 0 bridgehead atoms. The third kappa shape index (κ3) is 4.23. The number of rotatable bonds is 3. The van der Waals surface area contributed by atoms with Gasteiger partial charge in [-0.25, -0.2) is 0 Å².